The standard InChI is InChI=1S/C15H24N2O2/c1-11(2)9-13(10-16)17-15(18)12(3)19-14-7-5-4-6-8-14/h4-8,11-13H,9-10,16H2,1-3H3,(H,17,18). The van der Waals surface area contributed by atoms with E-state index in [9.17, 15) is 4.79 Å². The van der Waals surface area contributed by atoms with Crippen LogP contribution in [0, 0.1) is 5.92 Å². The number of hydrogen-bond acceptors (Lipinski definition) is 3. The van der Waals surface area contributed by atoms with E-state index in [4.69, 9.17) is 10.5 Å². The van der Waals surface area contributed by atoms with Crippen LogP contribution in [-0.2, 0) is 4.79 Å². The van der Waals surface area contributed by atoms with Gasteiger partial charge in [-0.3, -0.25) is 4.79 Å². The minimum absolute atomic E-state index is 0.00863. The summed E-state index contributed by atoms with van der Waals surface area (Å²) in [6.45, 7) is 6.41. The number of hydrogen-bond donors (Lipinski definition) is 2. The molecule has 0 bridgehead atoms. The van der Waals surface area contributed by atoms with Gasteiger partial charge in [-0.2, -0.15) is 0 Å². The summed E-state index contributed by atoms with van der Waals surface area (Å²) in [6, 6.07) is 9.33. The first-order valence-corrected chi connectivity index (χ1v) is 6.75. The molecule has 0 aliphatic heterocycles. The fourth-order valence-electron chi connectivity index (χ4n) is 1.86. The van der Waals surface area contributed by atoms with Crippen molar-refractivity contribution in [2.75, 3.05) is 6.54 Å². The zero-order valence-corrected chi connectivity index (χ0v) is 11.9. The van der Waals surface area contributed by atoms with Crippen LogP contribution in [0.4, 0.5) is 0 Å². The van der Waals surface area contributed by atoms with Gasteiger partial charge in [-0.25, -0.2) is 0 Å². The summed E-state index contributed by atoms with van der Waals surface area (Å²) in [5.41, 5.74) is 5.67. The van der Waals surface area contributed by atoms with Crippen LogP contribution in [0.25, 0.3) is 0 Å². The fraction of sp³-hybridized carbons (Fsp3) is 0.533. The maximum absolute atomic E-state index is 12.0. The Kier molecular flexibility index (Phi) is 6.36. The molecule has 4 heteroatoms. The molecule has 1 aromatic carbocycles. The SMILES string of the molecule is CC(C)CC(CN)NC(=O)C(C)Oc1ccccc1. The van der Waals surface area contributed by atoms with Gasteiger partial charge >= 0.3 is 0 Å². The van der Waals surface area contributed by atoms with E-state index in [1.54, 1.807) is 6.92 Å². The molecule has 0 saturated heterocycles. The normalized spacial score (nSPS) is 13.9. The Balaban J connectivity index is 2.48. The Labute approximate surface area is 115 Å². The van der Waals surface area contributed by atoms with Crippen molar-refractivity contribution in [1.82, 2.24) is 5.32 Å². The molecule has 0 heterocycles. The highest BCUT2D eigenvalue weighted by Crippen LogP contribution is 2.11. The first-order chi connectivity index (χ1) is 9.02. The summed E-state index contributed by atoms with van der Waals surface area (Å²) in [5.74, 6) is 1.07. The molecule has 1 amide bonds. The average molecular weight is 264 g/mol. The van der Waals surface area contributed by atoms with Gasteiger partial charge in [0.1, 0.15) is 5.75 Å². The van der Waals surface area contributed by atoms with Gasteiger partial charge in [-0.05, 0) is 31.4 Å². The van der Waals surface area contributed by atoms with E-state index in [2.05, 4.69) is 19.2 Å². The van der Waals surface area contributed by atoms with Gasteiger partial charge in [0.15, 0.2) is 6.10 Å². The lowest BCUT2D eigenvalue weighted by molar-refractivity contribution is -0.128. The summed E-state index contributed by atoms with van der Waals surface area (Å²) in [4.78, 5) is 12.0. The summed E-state index contributed by atoms with van der Waals surface area (Å²) >= 11 is 0. The van der Waals surface area contributed by atoms with E-state index in [-0.39, 0.29) is 11.9 Å². The third-order valence-corrected chi connectivity index (χ3v) is 2.81. The number of carbonyl (C=O) groups excluding carboxylic acids is 1. The lowest BCUT2D eigenvalue weighted by Crippen LogP contribution is -2.46. The van der Waals surface area contributed by atoms with Crippen LogP contribution >= 0.6 is 0 Å². The second-order valence-electron chi connectivity index (χ2n) is 5.14. The summed E-state index contributed by atoms with van der Waals surface area (Å²) in [6.07, 6.45) is 0.351. The molecule has 1 aromatic rings. The third-order valence-electron chi connectivity index (χ3n) is 2.81. The maximum atomic E-state index is 12.0. The molecular formula is C15H24N2O2. The second kappa shape index (κ2) is 7.79. The Morgan fingerprint density at radius 1 is 1.26 bits per heavy atom. The van der Waals surface area contributed by atoms with Gasteiger partial charge in [-0.15, -0.1) is 0 Å². The number of para-hydroxylation sites is 1. The Morgan fingerprint density at radius 2 is 1.89 bits per heavy atom. The highest BCUT2D eigenvalue weighted by atomic mass is 16.5. The van der Waals surface area contributed by atoms with Crippen LogP contribution in [0.2, 0.25) is 0 Å². The zero-order valence-electron chi connectivity index (χ0n) is 11.9. The molecule has 0 saturated carbocycles. The van der Waals surface area contributed by atoms with E-state index in [0.29, 0.717) is 18.2 Å². The molecule has 0 aliphatic carbocycles. The number of rotatable bonds is 7. The van der Waals surface area contributed by atoms with Crippen LogP contribution in [0.15, 0.2) is 30.3 Å². The molecule has 2 unspecified atom stereocenters. The van der Waals surface area contributed by atoms with E-state index in [1.807, 2.05) is 30.3 Å². The predicted molar refractivity (Wildman–Crippen MR) is 77.0 cm³/mol. The van der Waals surface area contributed by atoms with Crippen molar-refractivity contribution < 1.29 is 9.53 Å². The summed E-state index contributed by atoms with van der Waals surface area (Å²) in [5, 5.41) is 2.93. The third kappa shape index (κ3) is 5.75. The zero-order chi connectivity index (χ0) is 14.3. The number of nitrogens with one attached hydrogen (secondary N) is 1. The number of benzene rings is 1. The van der Waals surface area contributed by atoms with Gasteiger partial charge < -0.3 is 15.8 Å². The van der Waals surface area contributed by atoms with Gasteiger partial charge in [0.05, 0.1) is 0 Å². The number of nitrogens with two attached hydrogens (primary N) is 1. The number of ether oxygens (including phenoxy) is 1. The first kappa shape index (κ1) is 15.5. The minimum atomic E-state index is -0.524. The highest BCUT2D eigenvalue weighted by Gasteiger charge is 2.18. The monoisotopic (exact) mass is 264 g/mol. The van der Waals surface area contributed by atoms with Crippen molar-refractivity contribution in [2.45, 2.75) is 39.3 Å². The fourth-order valence-corrected chi connectivity index (χ4v) is 1.86. The highest BCUT2D eigenvalue weighted by molar-refractivity contribution is 5.81. The largest absolute Gasteiger partial charge is 0.481 e. The molecule has 4 nitrogen and oxygen atoms in total. The average Bonchev–Trinajstić information content (AvgIpc) is 2.38. The van der Waals surface area contributed by atoms with Crippen molar-refractivity contribution in [2.24, 2.45) is 11.7 Å². The molecule has 106 valence electrons. The van der Waals surface area contributed by atoms with Crippen LogP contribution in [-0.4, -0.2) is 24.6 Å². The lowest BCUT2D eigenvalue weighted by atomic mass is 10.0. The van der Waals surface area contributed by atoms with Gasteiger partial charge in [0.2, 0.25) is 0 Å². The molecule has 0 aliphatic rings. The van der Waals surface area contributed by atoms with Crippen LogP contribution in [0.3, 0.4) is 0 Å². The molecule has 3 N–H and O–H groups in total. The Hall–Kier alpha value is -1.55. The van der Waals surface area contributed by atoms with Crippen molar-refractivity contribution in [3.8, 4) is 5.75 Å². The van der Waals surface area contributed by atoms with Crippen LogP contribution in [0.5, 0.6) is 5.75 Å². The van der Waals surface area contributed by atoms with E-state index in [1.165, 1.54) is 0 Å². The molecule has 0 radical (unpaired) electrons. The quantitative estimate of drug-likeness (QED) is 0.791. The van der Waals surface area contributed by atoms with Crippen molar-refractivity contribution >= 4 is 5.91 Å². The number of carbonyl (C=O) groups is 1. The predicted octanol–water partition coefficient (Wildman–Crippen LogP) is 1.94. The molecule has 0 spiro atoms. The molecule has 19 heavy (non-hydrogen) atoms. The van der Waals surface area contributed by atoms with Crippen molar-refractivity contribution in [3.63, 3.8) is 0 Å². The van der Waals surface area contributed by atoms with E-state index < -0.39 is 6.10 Å². The molecule has 0 fully saturated rings. The van der Waals surface area contributed by atoms with Gasteiger partial charge in [0, 0.05) is 12.6 Å². The summed E-state index contributed by atoms with van der Waals surface area (Å²) in [7, 11) is 0. The molecular weight excluding hydrogens is 240 g/mol. The van der Waals surface area contributed by atoms with Crippen LogP contribution in [0.1, 0.15) is 27.2 Å². The molecule has 1 rings (SSSR count). The smallest absolute Gasteiger partial charge is 0.261 e. The van der Waals surface area contributed by atoms with Crippen molar-refractivity contribution in [3.05, 3.63) is 30.3 Å². The first-order valence-electron chi connectivity index (χ1n) is 6.75. The second-order valence-corrected chi connectivity index (χ2v) is 5.14. The van der Waals surface area contributed by atoms with Crippen LogP contribution < -0.4 is 15.8 Å². The Bertz CT molecular complexity index is 379. The van der Waals surface area contributed by atoms with Crippen molar-refractivity contribution in [1.29, 1.82) is 0 Å². The maximum Gasteiger partial charge on any atom is 0.261 e. The minimum Gasteiger partial charge on any atom is -0.481 e. The van der Waals surface area contributed by atoms with E-state index >= 15 is 0 Å². The summed E-state index contributed by atoms with van der Waals surface area (Å²) < 4.78 is 5.57. The van der Waals surface area contributed by atoms with Gasteiger partial charge in [0.25, 0.3) is 5.91 Å². The van der Waals surface area contributed by atoms with Gasteiger partial charge in [-0.1, -0.05) is 32.0 Å². The molecule has 2 atom stereocenters. The lowest BCUT2D eigenvalue weighted by Gasteiger charge is -2.21. The molecule has 0 aromatic heterocycles. The van der Waals surface area contributed by atoms with E-state index in [0.717, 1.165) is 6.42 Å². The topological polar surface area (TPSA) is 64.3 Å². The Morgan fingerprint density at radius 3 is 2.42 bits per heavy atom. The number of amides is 1.